The maximum Gasteiger partial charge on any atom is 0.279 e. The lowest BCUT2D eigenvalue weighted by molar-refractivity contribution is 0.473. The molecule has 1 aromatic heterocycles. The zero-order chi connectivity index (χ0) is 12.4. The van der Waals surface area contributed by atoms with Crippen LogP contribution in [0.4, 0.5) is 0 Å². The molecule has 2 nitrogen and oxygen atoms in total. The number of nitrogens with zero attached hydrogens (tertiary/aromatic N) is 1. The van der Waals surface area contributed by atoms with Crippen molar-refractivity contribution < 1.29 is 4.74 Å². The molecule has 1 aromatic carbocycles. The Hall–Kier alpha value is -0.870. The first-order chi connectivity index (χ1) is 8.06. The number of aryl methyl sites for hydroxylation is 1. The number of hydrogen-bond donors (Lipinski definition) is 0. The molecule has 0 atom stereocenters. The van der Waals surface area contributed by atoms with E-state index in [4.69, 9.17) is 4.74 Å². The summed E-state index contributed by atoms with van der Waals surface area (Å²) < 4.78 is 6.61. The first-order valence-corrected chi connectivity index (χ1v) is 7.13. The highest BCUT2D eigenvalue weighted by Gasteiger charge is 2.08. The van der Waals surface area contributed by atoms with Crippen molar-refractivity contribution in [2.24, 2.45) is 0 Å². The third-order valence-corrected chi connectivity index (χ3v) is 3.96. The van der Waals surface area contributed by atoms with Crippen molar-refractivity contribution in [2.45, 2.75) is 26.7 Å². The summed E-state index contributed by atoms with van der Waals surface area (Å²) in [5.74, 6) is 1.39. The Morgan fingerprint density at radius 2 is 2.12 bits per heavy atom. The summed E-state index contributed by atoms with van der Waals surface area (Å²) in [5.41, 5.74) is 2.40. The van der Waals surface area contributed by atoms with Crippen molar-refractivity contribution in [1.82, 2.24) is 4.98 Å². The Labute approximate surface area is 114 Å². The fraction of sp³-hybridized carbons (Fsp3) is 0.308. The third kappa shape index (κ3) is 3.07. The van der Waals surface area contributed by atoms with Crippen LogP contribution in [0.25, 0.3) is 0 Å². The van der Waals surface area contributed by atoms with E-state index in [0.717, 1.165) is 15.9 Å². The zero-order valence-corrected chi connectivity index (χ0v) is 12.4. The summed E-state index contributed by atoms with van der Waals surface area (Å²) >= 11 is 4.81. The topological polar surface area (TPSA) is 22.1 Å². The molecule has 0 spiro atoms. The molecule has 0 aliphatic heterocycles. The summed E-state index contributed by atoms with van der Waals surface area (Å²) in [6, 6.07) is 6.33. The molecular formula is C13H14BrNOS. The van der Waals surface area contributed by atoms with Crippen molar-refractivity contribution in [2.75, 3.05) is 0 Å². The van der Waals surface area contributed by atoms with Gasteiger partial charge >= 0.3 is 0 Å². The van der Waals surface area contributed by atoms with Gasteiger partial charge in [-0.05, 0) is 46.0 Å². The average Bonchev–Trinajstić information content (AvgIpc) is 2.67. The van der Waals surface area contributed by atoms with Crippen LogP contribution in [0.3, 0.4) is 0 Å². The van der Waals surface area contributed by atoms with E-state index in [1.165, 1.54) is 16.9 Å². The molecule has 0 unspecified atom stereocenters. The average molecular weight is 312 g/mol. The molecular weight excluding hydrogens is 298 g/mol. The second-order valence-corrected chi connectivity index (χ2v) is 5.85. The molecule has 4 heteroatoms. The predicted molar refractivity (Wildman–Crippen MR) is 75.2 cm³/mol. The summed E-state index contributed by atoms with van der Waals surface area (Å²) in [6.07, 6.45) is 0. The van der Waals surface area contributed by atoms with Crippen LogP contribution in [-0.4, -0.2) is 4.98 Å². The Morgan fingerprint density at radius 3 is 2.71 bits per heavy atom. The van der Waals surface area contributed by atoms with Gasteiger partial charge in [-0.25, -0.2) is 0 Å². The van der Waals surface area contributed by atoms with Crippen LogP contribution < -0.4 is 4.74 Å². The maximum atomic E-state index is 5.80. The van der Waals surface area contributed by atoms with E-state index in [1.807, 2.05) is 12.3 Å². The standard InChI is InChI=1S/C13H14BrNOS/c1-8(2)10-5-4-9(3)11(6-10)16-13-15-12(14)7-17-13/h4-8H,1-3H3. The first-order valence-electron chi connectivity index (χ1n) is 5.45. The van der Waals surface area contributed by atoms with Gasteiger partial charge in [0.1, 0.15) is 10.4 Å². The minimum absolute atomic E-state index is 0.501. The second-order valence-electron chi connectivity index (χ2n) is 4.22. The van der Waals surface area contributed by atoms with Gasteiger partial charge in [0.25, 0.3) is 5.19 Å². The van der Waals surface area contributed by atoms with Crippen LogP contribution in [0.1, 0.15) is 30.9 Å². The number of rotatable bonds is 3. The lowest BCUT2D eigenvalue weighted by Crippen LogP contribution is -1.92. The van der Waals surface area contributed by atoms with Gasteiger partial charge in [0.05, 0.1) is 0 Å². The quantitative estimate of drug-likeness (QED) is 0.784. The molecule has 0 radical (unpaired) electrons. The monoisotopic (exact) mass is 311 g/mol. The van der Waals surface area contributed by atoms with Crippen molar-refractivity contribution in [3.8, 4) is 10.9 Å². The zero-order valence-electron chi connectivity index (χ0n) is 10.0. The van der Waals surface area contributed by atoms with E-state index in [9.17, 15) is 0 Å². The van der Waals surface area contributed by atoms with Gasteiger partial charge in [0.2, 0.25) is 0 Å². The lowest BCUT2D eigenvalue weighted by Gasteiger charge is -2.10. The van der Waals surface area contributed by atoms with Crippen molar-refractivity contribution in [3.05, 3.63) is 39.3 Å². The molecule has 0 bridgehead atoms. The fourth-order valence-corrected chi connectivity index (χ4v) is 2.56. The van der Waals surface area contributed by atoms with Gasteiger partial charge in [-0.15, -0.1) is 0 Å². The van der Waals surface area contributed by atoms with Crippen LogP contribution in [-0.2, 0) is 0 Å². The van der Waals surface area contributed by atoms with Crippen LogP contribution >= 0.6 is 27.3 Å². The number of thiazole rings is 1. The van der Waals surface area contributed by atoms with Crippen LogP contribution in [0.5, 0.6) is 10.9 Å². The van der Waals surface area contributed by atoms with E-state index in [-0.39, 0.29) is 0 Å². The molecule has 1 heterocycles. The highest BCUT2D eigenvalue weighted by Crippen LogP contribution is 2.31. The molecule has 0 amide bonds. The molecule has 0 aliphatic carbocycles. The minimum atomic E-state index is 0.501. The number of benzene rings is 1. The normalized spacial score (nSPS) is 10.9. The summed E-state index contributed by atoms with van der Waals surface area (Å²) in [7, 11) is 0. The van der Waals surface area contributed by atoms with Gasteiger partial charge < -0.3 is 4.74 Å². The van der Waals surface area contributed by atoms with Gasteiger partial charge in [-0.3, -0.25) is 0 Å². The van der Waals surface area contributed by atoms with E-state index in [2.05, 4.69) is 53.0 Å². The summed E-state index contributed by atoms with van der Waals surface area (Å²) in [6.45, 7) is 6.39. The highest BCUT2D eigenvalue weighted by molar-refractivity contribution is 9.10. The summed E-state index contributed by atoms with van der Waals surface area (Å²) in [5, 5.41) is 2.58. The van der Waals surface area contributed by atoms with Crippen LogP contribution in [0.15, 0.2) is 28.2 Å². The minimum Gasteiger partial charge on any atom is -0.431 e. The van der Waals surface area contributed by atoms with Gasteiger partial charge in [-0.2, -0.15) is 4.98 Å². The predicted octanol–water partition coefficient (Wildman–Crippen LogP) is 5.13. The van der Waals surface area contributed by atoms with E-state index in [0.29, 0.717) is 11.1 Å². The van der Waals surface area contributed by atoms with Crippen LogP contribution in [0.2, 0.25) is 0 Å². The van der Waals surface area contributed by atoms with Crippen LogP contribution in [0, 0.1) is 6.92 Å². The SMILES string of the molecule is Cc1ccc(C(C)C)cc1Oc1nc(Br)cs1. The van der Waals surface area contributed by atoms with Gasteiger partial charge in [0.15, 0.2) is 0 Å². The fourth-order valence-electron chi connectivity index (χ4n) is 1.47. The van der Waals surface area contributed by atoms with Gasteiger partial charge in [0, 0.05) is 5.38 Å². The maximum absolute atomic E-state index is 5.80. The molecule has 0 N–H and O–H groups in total. The van der Waals surface area contributed by atoms with E-state index < -0.39 is 0 Å². The van der Waals surface area contributed by atoms with Gasteiger partial charge in [-0.1, -0.05) is 37.3 Å². The molecule has 0 saturated heterocycles. The lowest BCUT2D eigenvalue weighted by atomic mass is 10.0. The third-order valence-electron chi connectivity index (χ3n) is 2.53. The van der Waals surface area contributed by atoms with Crippen molar-refractivity contribution in [3.63, 3.8) is 0 Å². The molecule has 90 valence electrons. The number of hydrogen-bond acceptors (Lipinski definition) is 3. The van der Waals surface area contributed by atoms with Crippen molar-refractivity contribution >= 4 is 27.3 Å². The smallest absolute Gasteiger partial charge is 0.279 e. The first kappa shape index (κ1) is 12.6. The molecule has 0 aliphatic rings. The Balaban J connectivity index is 2.28. The molecule has 2 rings (SSSR count). The number of halogens is 1. The Morgan fingerprint density at radius 1 is 1.35 bits per heavy atom. The second kappa shape index (κ2) is 5.19. The molecule has 17 heavy (non-hydrogen) atoms. The molecule has 2 aromatic rings. The molecule has 0 fully saturated rings. The summed E-state index contributed by atoms with van der Waals surface area (Å²) in [4.78, 5) is 4.23. The largest absolute Gasteiger partial charge is 0.431 e. The van der Waals surface area contributed by atoms with E-state index >= 15 is 0 Å². The Bertz CT molecular complexity index is 522. The Kier molecular flexibility index (Phi) is 3.84. The van der Waals surface area contributed by atoms with Crippen molar-refractivity contribution in [1.29, 1.82) is 0 Å². The number of aromatic nitrogens is 1. The highest BCUT2D eigenvalue weighted by atomic mass is 79.9. The number of ether oxygens (including phenoxy) is 1. The van der Waals surface area contributed by atoms with E-state index in [1.54, 1.807) is 0 Å². The molecule has 0 saturated carbocycles.